The van der Waals surface area contributed by atoms with E-state index in [1.807, 2.05) is 32.9 Å². The Bertz CT molecular complexity index is 933. The predicted molar refractivity (Wildman–Crippen MR) is 94.7 cm³/mol. The van der Waals surface area contributed by atoms with Gasteiger partial charge in [-0.05, 0) is 44.5 Å². The monoisotopic (exact) mass is 337 g/mol. The quantitative estimate of drug-likeness (QED) is 0.742. The lowest BCUT2D eigenvalue weighted by molar-refractivity contribution is 0.0697. The van der Waals surface area contributed by atoms with E-state index in [-0.39, 0.29) is 5.56 Å². The van der Waals surface area contributed by atoms with Crippen LogP contribution in [0, 0.1) is 13.8 Å². The average Bonchev–Trinajstić information content (AvgIpc) is 2.93. The van der Waals surface area contributed by atoms with Crippen molar-refractivity contribution < 1.29 is 9.90 Å². The Morgan fingerprint density at radius 1 is 1.20 bits per heavy atom. The first-order valence-corrected chi connectivity index (χ1v) is 7.98. The molecule has 2 heterocycles. The van der Waals surface area contributed by atoms with Crippen LogP contribution in [0.25, 0.3) is 5.95 Å². The summed E-state index contributed by atoms with van der Waals surface area (Å²) in [7, 11) is 0. The lowest BCUT2D eigenvalue weighted by Gasteiger charge is -2.10. The Balaban J connectivity index is 1.99. The number of hydrogen-bond donors (Lipinski definition) is 2. The fraction of sp³-hybridized carbons (Fsp3) is 0.222. The molecular weight excluding hydrogens is 318 g/mol. The van der Waals surface area contributed by atoms with Gasteiger partial charge in [-0.15, -0.1) is 0 Å². The van der Waals surface area contributed by atoms with E-state index >= 15 is 0 Å². The maximum absolute atomic E-state index is 11.1. The van der Waals surface area contributed by atoms with Crippen LogP contribution in [0.15, 0.2) is 36.4 Å². The van der Waals surface area contributed by atoms with Crippen LogP contribution < -0.4 is 5.32 Å². The first-order chi connectivity index (χ1) is 12.0. The molecule has 1 aromatic carbocycles. The molecule has 0 saturated heterocycles. The van der Waals surface area contributed by atoms with Gasteiger partial charge >= 0.3 is 5.97 Å². The summed E-state index contributed by atoms with van der Waals surface area (Å²) < 4.78 is 1.70. The largest absolute Gasteiger partial charge is 0.478 e. The number of anilines is 2. The summed E-state index contributed by atoms with van der Waals surface area (Å²) in [4.78, 5) is 20.2. The van der Waals surface area contributed by atoms with Crippen molar-refractivity contribution in [2.75, 3.05) is 5.32 Å². The fourth-order valence-corrected chi connectivity index (χ4v) is 2.53. The zero-order valence-corrected chi connectivity index (χ0v) is 14.3. The van der Waals surface area contributed by atoms with Crippen molar-refractivity contribution >= 4 is 17.5 Å². The van der Waals surface area contributed by atoms with Gasteiger partial charge in [0.05, 0.1) is 11.3 Å². The van der Waals surface area contributed by atoms with Crippen LogP contribution >= 0.6 is 0 Å². The molecule has 0 bridgehead atoms. The number of nitrogens with zero attached hydrogens (tertiary/aromatic N) is 4. The molecular formula is C18H19N5O2. The highest BCUT2D eigenvalue weighted by atomic mass is 16.4. The van der Waals surface area contributed by atoms with E-state index in [0.29, 0.717) is 17.5 Å². The molecule has 3 aromatic rings. The third-order valence-corrected chi connectivity index (χ3v) is 3.71. The van der Waals surface area contributed by atoms with Gasteiger partial charge in [-0.1, -0.05) is 13.0 Å². The minimum Gasteiger partial charge on any atom is -0.478 e. The number of aromatic nitrogens is 4. The highest BCUT2D eigenvalue weighted by molar-refractivity contribution is 5.89. The van der Waals surface area contributed by atoms with Crippen molar-refractivity contribution in [1.29, 1.82) is 0 Å². The van der Waals surface area contributed by atoms with Gasteiger partial charge in [-0.2, -0.15) is 10.1 Å². The predicted octanol–water partition coefficient (Wildman–Crippen LogP) is 3.28. The average molecular weight is 337 g/mol. The number of rotatable bonds is 5. The molecule has 2 aromatic heterocycles. The number of aromatic carboxylic acids is 1. The lowest BCUT2D eigenvalue weighted by atomic mass is 10.2. The highest BCUT2D eigenvalue weighted by Crippen LogP contribution is 2.19. The van der Waals surface area contributed by atoms with Crippen LogP contribution in [0.4, 0.5) is 11.5 Å². The summed E-state index contributed by atoms with van der Waals surface area (Å²) in [5.41, 5.74) is 3.58. The number of carboxylic acid groups (broad SMARTS) is 1. The maximum Gasteiger partial charge on any atom is 0.335 e. The van der Waals surface area contributed by atoms with Crippen molar-refractivity contribution in [2.24, 2.45) is 0 Å². The summed E-state index contributed by atoms with van der Waals surface area (Å²) in [5, 5.41) is 16.7. The summed E-state index contributed by atoms with van der Waals surface area (Å²) in [6.45, 7) is 5.89. The van der Waals surface area contributed by atoms with Gasteiger partial charge in [0.2, 0.25) is 0 Å². The topological polar surface area (TPSA) is 92.9 Å². The van der Waals surface area contributed by atoms with Crippen molar-refractivity contribution in [3.63, 3.8) is 0 Å². The van der Waals surface area contributed by atoms with Crippen LogP contribution in [0.2, 0.25) is 0 Å². The number of hydrogen-bond acceptors (Lipinski definition) is 5. The third kappa shape index (κ3) is 3.65. The molecule has 3 rings (SSSR count). The van der Waals surface area contributed by atoms with Crippen molar-refractivity contribution in [3.8, 4) is 5.95 Å². The summed E-state index contributed by atoms with van der Waals surface area (Å²) in [6.07, 6.45) is 0.749. The van der Waals surface area contributed by atoms with Gasteiger partial charge in [0.25, 0.3) is 5.95 Å². The number of carboxylic acids is 1. The Kier molecular flexibility index (Phi) is 4.47. The molecule has 0 radical (unpaired) electrons. The van der Waals surface area contributed by atoms with E-state index in [4.69, 9.17) is 5.11 Å². The molecule has 2 N–H and O–H groups in total. The third-order valence-electron chi connectivity index (χ3n) is 3.71. The van der Waals surface area contributed by atoms with E-state index in [1.165, 1.54) is 0 Å². The first-order valence-electron chi connectivity index (χ1n) is 7.98. The van der Waals surface area contributed by atoms with Crippen LogP contribution in [0.1, 0.15) is 34.4 Å². The molecule has 7 heteroatoms. The van der Waals surface area contributed by atoms with Gasteiger partial charge in [-0.3, -0.25) is 0 Å². The molecule has 0 atom stereocenters. The van der Waals surface area contributed by atoms with Crippen molar-refractivity contribution in [3.05, 3.63) is 59.0 Å². The second-order valence-corrected chi connectivity index (χ2v) is 5.75. The Labute approximate surface area is 145 Å². The van der Waals surface area contributed by atoms with Gasteiger partial charge in [0.1, 0.15) is 5.82 Å². The van der Waals surface area contributed by atoms with E-state index < -0.39 is 5.97 Å². The minimum atomic E-state index is -0.969. The highest BCUT2D eigenvalue weighted by Gasteiger charge is 2.11. The molecule has 0 amide bonds. The molecule has 0 unspecified atom stereocenters. The van der Waals surface area contributed by atoms with E-state index in [1.54, 1.807) is 28.9 Å². The van der Waals surface area contributed by atoms with Crippen LogP contribution in [0.5, 0.6) is 0 Å². The number of carbonyl (C=O) groups is 1. The number of nitrogens with one attached hydrogen (secondary N) is 1. The van der Waals surface area contributed by atoms with E-state index in [0.717, 1.165) is 23.5 Å². The van der Waals surface area contributed by atoms with Crippen molar-refractivity contribution in [2.45, 2.75) is 27.2 Å². The van der Waals surface area contributed by atoms with Crippen LogP contribution in [-0.4, -0.2) is 30.8 Å². The molecule has 0 spiro atoms. The zero-order chi connectivity index (χ0) is 18.0. The van der Waals surface area contributed by atoms with Crippen LogP contribution in [-0.2, 0) is 6.42 Å². The van der Waals surface area contributed by atoms with E-state index in [2.05, 4.69) is 20.4 Å². The maximum atomic E-state index is 11.1. The normalized spacial score (nSPS) is 10.7. The summed E-state index contributed by atoms with van der Waals surface area (Å²) in [6, 6.07) is 10.4. The molecule has 128 valence electrons. The molecule has 0 aliphatic heterocycles. The minimum absolute atomic E-state index is 0.216. The number of aryl methyl sites for hydroxylation is 3. The lowest BCUT2D eigenvalue weighted by Crippen LogP contribution is -2.09. The second-order valence-electron chi connectivity index (χ2n) is 5.75. The van der Waals surface area contributed by atoms with Crippen molar-refractivity contribution in [1.82, 2.24) is 19.7 Å². The second kappa shape index (κ2) is 6.72. The van der Waals surface area contributed by atoms with Gasteiger partial charge in [0, 0.05) is 23.1 Å². The smallest absolute Gasteiger partial charge is 0.335 e. The molecule has 7 nitrogen and oxygen atoms in total. The standard InChI is InChI=1S/C18H19N5O2/c1-4-14-10-16(19-15-7-5-6-13(9-15)17(24)25)21-18(20-14)23-12(3)8-11(2)22-23/h5-10H,4H2,1-3H3,(H,24,25)(H,19,20,21). The Hall–Kier alpha value is -3.22. The fourth-order valence-electron chi connectivity index (χ4n) is 2.53. The van der Waals surface area contributed by atoms with Crippen LogP contribution in [0.3, 0.4) is 0 Å². The summed E-state index contributed by atoms with van der Waals surface area (Å²) in [5.74, 6) is 0.114. The molecule has 25 heavy (non-hydrogen) atoms. The number of benzene rings is 1. The van der Waals surface area contributed by atoms with E-state index in [9.17, 15) is 4.79 Å². The molecule has 0 aliphatic carbocycles. The first kappa shape index (κ1) is 16.6. The molecule has 0 saturated carbocycles. The molecule has 0 fully saturated rings. The van der Waals surface area contributed by atoms with Gasteiger partial charge in [-0.25, -0.2) is 14.5 Å². The Morgan fingerprint density at radius 3 is 2.64 bits per heavy atom. The van der Waals surface area contributed by atoms with Gasteiger partial charge < -0.3 is 10.4 Å². The summed E-state index contributed by atoms with van der Waals surface area (Å²) >= 11 is 0. The van der Waals surface area contributed by atoms with Gasteiger partial charge in [0.15, 0.2) is 0 Å². The zero-order valence-electron chi connectivity index (χ0n) is 14.3. The molecule has 0 aliphatic rings. The Morgan fingerprint density at radius 2 is 2.00 bits per heavy atom. The SMILES string of the molecule is CCc1cc(Nc2cccc(C(=O)O)c2)nc(-n2nc(C)cc2C)n1.